The fraction of sp³-hybridized carbons (Fsp3) is 0.455. The molecule has 0 aromatic heterocycles. The van der Waals surface area contributed by atoms with Gasteiger partial charge in [-0.3, -0.25) is 88.1 Å². The molecular formula is C88H124N24O20S. The number of hydrogen-bond donors (Lipinski definition) is 29. The van der Waals surface area contributed by atoms with Gasteiger partial charge in [0.1, 0.15) is 95.8 Å². The molecule has 0 bridgehead atoms. The molecule has 1 aliphatic heterocycles. The number of hydrogen-bond acceptors (Lipinski definition) is 24. The number of thioether (sulfide) groups is 1. The summed E-state index contributed by atoms with van der Waals surface area (Å²) in [7, 11) is 0. The third kappa shape index (κ3) is 37.9. The Bertz CT molecular complexity index is 4800. The van der Waals surface area contributed by atoms with Gasteiger partial charge >= 0.3 is 0 Å². The smallest absolute Gasteiger partial charge is 0.245 e. The van der Waals surface area contributed by atoms with E-state index in [0.29, 0.717) is 27.8 Å². The van der Waals surface area contributed by atoms with Crippen molar-refractivity contribution < 1.29 is 97.5 Å². The van der Waals surface area contributed by atoms with Crippen LogP contribution in [0.15, 0.2) is 133 Å². The maximum absolute atomic E-state index is 15.2. The molecule has 1 fully saturated rings. The van der Waals surface area contributed by atoms with Crippen LogP contribution in [0.5, 0.6) is 17.2 Å². The number of rotatable bonds is 28. The summed E-state index contributed by atoms with van der Waals surface area (Å²) in [5.41, 5.74) is 24.6. The molecule has 0 saturated carbocycles. The highest BCUT2D eigenvalue weighted by molar-refractivity contribution is 8.00. The van der Waals surface area contributed by atoms with Gasteiger partial charge in [-0.1, -0.05) is 131 Å². The number of benzene rings is 5. The van der Waals surface area contributed by atoms with Gasteiger partial charge in [-0.2, -0.15) is 0 Å². The number of amides is 15. The van der Waals surface area contributed by atoms with E-state index in [2.05, 4.69) is 90.4 Å². The van der Waals surface area contributed by atoms with Crippen molar-refractivity contribution in [1.82, 2.24) is 90.4 Å². The van der Waals surface area contributed by atoms with Crippen molar-refractivity contribution in [3.8, 4) is 17.2 Å². The molecule has 1 aliphatic rings. The lowest BCUT2D eigenvalue weighted by atomic mass is 9.96. The molecule has 44 nitrogen and oxygen atoms in total. The van der Waals surface area contributed by atoms with Crippen molar-refractivity contribution in [3.05, 3.63) is 161 Å². The van der Waals surface area contributed by atoms with Crippen molar-refractivity contribution in [2.75, 3.05) is 44.3 Å². The molecule has 1 saturated heterocycles. The lowest BCUT2D eigenvalue weighted by Gasteiger charge is -2.30. The Balaban J connectivity index is 1.45. The number of phenolic OH excluding ortho intramolecular Hbond substituents is 3. The van der Waals surface area contributed by atoms with E-state index in [9.17, 15) is 78.3 Å². The Morgan fingerprint density at radius 2 is 0.692 bits per heavy atom. The number of primary amides is 1. The minimum absolute atomic E-state index is 0.0155. The Kier molecular flexibility index (Phi) is 44.4. The fourth-order valence-electron chi connectivity index (χ4n) is 13.7. The number of phenols is 3. The van der Waals surface area contributed by atoms with E-state index >= 15 is 19.2 Å². The SMILES string of the molecule is CC[C@H](C)[C@@H]1NC(=O)CNC(=O)[C@H](CO)NC(=O)[C@H](CCCNC(=N)N)NC(=O)[C@H](CCCNC(=N)N)NC(=O)[C@H](Cc2ccccc2)NC(=O)[C@H](CCCNC(=N)N)NC(=O)[C@H]([C@H](C)O)NC(=O)[C@@H](Cc2ccc(O)cc2)NC(=O)CSC[C@@H](C(N)=O)NC(=O)[C@H](Cc2ccc(O)cc2)NC(=O)[C@H](Cc2ccc(O)cc2)NC(=O)[C@H](Cc2ccccc2)NC(=O)[C@H](C(C)C)NC1=O. The van der Waals surface area contributed by atoms with E-state index in [1.165, 1.54) is 72.8 Å². The molecule has 722 valence electrons. The summed E-state index contributed by atoms with van der Waals surface area (Å²) in [4.78, 5) is 219. The second-order valence-electron chi connectivity index (χ2n) is 32.3. The number of carbonyl (C=O) groups is 15. The molecule has 33 N–H and O–H groups in total. The van der Waals surface area contributed by atoms with Gasteiger partial charge in [0, 0.05) is 57.5 Å². The standard InChI is InChI=1S/C88H124N24O20S/c1-6-48(4)71-84(131)111-70(47(2)3)83(130)107-65(39-51-18-11-8-12-19-51)80(127)105-63(41-53-25-31-56(116)32-26-53)79(126)106-64(42-54-27-33-57(117)34-28-54)81(128)109-67(73(89)120)45-133-46-69(119)100-61(40-52-23-29-55(115)30-24-52)82(129)112-72(49(5)114)85(132)103-60(22-15-37-98-88(94)95)76(123)104-62(38-50-16-9-7-10-17-50)78(125)102-58(20-13-35-96-86(90)91)75(122)101-59(21-14-36-97-87(92)93)77(124)108-66(44-113)74(121)99-43-68(118)110-71/h7-12,16-19,23-34,47-49,58-67,70-72,113-117H,6,13-15,20-22,35-46H2,1-5H3,(H2,89,120)(H,99,121)(H,100,119)(H,101,122)(H,102,125)(H,103,132)(H,104,123)(H,105,127)(H,106,126)(H,107,130)(H,108,124)(H,109,128)(H,110,118)(H,111,131)(H,112,129)(H4,90,91,96)(H4,92,93,97)(H4,94,95,98)/t48-,49-,58-,59-,60-,61+,62-,63-,64-,65-,66-,67-,70-,71-,72-/m0/s1. The van der Waals surface area contributed by atoms with Crippen molar-refractivity contribution >= 4 is 118 Å². The van der Waals surface area contributed by atoms with Crippen LogP contribution in [-0.2, 0) is 104 Å². The highest BCUT2D eigenvalue weighted by Gasteiger charge is 2.40. The summed E-state index contributed by atoms with van der Waals surface area (Å²) in [5, 5.41) is 120. The molecule has 0 radical (unpaired) electrons. The van der Waals surface area contributed by atoms with Crippen LogP contribution in [0, 0.1) is 28.1 Å². The van der Waals surface area contributed by atoms with E-state index in [-0.39, 0.29) is 114 Å². The Morgan fingerprint density at radius 1 is 0.383 bits per heavy atom. The number of aromatic hydroxyl groups is 3. The van der Waals surface area contributed by atoms with Crippen molar-refractivity contribution in [3.63, 3.8) is 0 Å². The molecule has 15 amide bonds. The zero-order chi connectivity index (χ0) is 98.0. The normalized spacial score (nSPS) is 22.9. The molecule has 6 rings (SSSR count). The van der Waals surface area contributed by atoms with Crippen LogP contribution in [0.3, 0.4) is 0 Å². The van der Waals surface area contributed by atoms with Crippen LogP contribution in [0.2, 0.25) is 0 Å². The van der Waals surface area contributed by atoms with Crippen molar-refractivity contribution in [2.24, 2.45) is 34.8 Å². The van der Waals surface area contributed by atoms with Gasteiger partial charge in [-0.05, 0) is 121 Å². The van der Waals surface area contributed by atoms with Gasteiger partial charge in [0.2, 0.25) is 88.6 Å². The third-order valence-electron chi connectivity index (χ3n) is 21.3. The number of nitrogens with one attached hydrogen (secondary N) is 20. The zero-order valence-corrected chi connectivity index (χ0v) is 75.3. The fourth-order valence-corrected chi connectivity index (χ4v) is 14.6. The Morgan fingerprint density at radius 3 is 1.05 bits per heavy atom. The maximum Gasteiger partial charge on any atom is 0.245 e. The van der Waals surface area contributed by atoms with Gasteiger partial charge in [-0.25, -0.2) is 0 Å². The molecule has 0 aliphatic carbocycles. The minimum atomic E-state index is -1.95. The first-order valence-electron chi connectivity index (χ1n) is 43.2. The van der Waals surface area contributed by atoms with Gasteiger partial charge in [-0.15, -0.1) is 11.8 Å². The predicted molar refractivity (Wildman–Crippen MR) is 491 cm³/mol. The predicted octanol–water partition coefficient (Wildman–Crippen LogP) is -5.17. The van der Waals surface area contributed by atoms with Crippen LogP contribution in [0.1, 0.15) is 107 Å². The minimum Gasteiger partial charge on any atom is -0.508 e. The van der Waals surface area contributed by atoms with Crippen LogP contribution >= 0.6 is 11.8 Å². The summed E-state index contributed by atoms with van der Waals surface area (Å²) in [6, 6.07) is 11.4. The molecule has 0 spiro atoms. The average molecular weight is 1870 g/mol. The number of aliphatic hydroxyl groups excluding tert-OH is 2. The summed E-state index contributed by atoms with van der Waals surface area (Å²) in [6.45, 7) is 5.40. The summed E-state index contributed by atoms with van der Waals surface area (Å²) >= 11 is 0.734. The van der Waals surface area contributed by atoms with Crippen LogP contribution in [0.25, 0.3) is 0 Å². The quantitative estimate of drug-likeness (QED) is 0.0126. The zero-order valence-electron chi connectivity index (χ0n) is 74.5. The van der Waals surface area contributed by atoms with Gasteiger partial charge < -0.3 is 139 Å². The number of carbonyl (C=O) groups excluding carboxylic acids is 15. The number of nitrogens with two attached hydrogens (primary N) is 4. The molecule has 5 aromatic carbocycles. The van der Waals surface area contributed by atoms with Gasteiger partial charge in [0.15, 0.2) is 17.9 Å². The average Bonchev–Trinajstić information content (AvgIpc) is 0.843. The second-order valence-corrected chi connectivity index (χ2v) is 33.3. The lowest BCUT2D eigenvalue weighted by molar-refractivity contribution is -0.137. The van der Waals surface area contributed by atoms with Crippen LogP contribution in [-0.4, -0.2) is 261 Å². The molecule has 0 unspecified atom stereocenters. The van der Waals surface area contributed by atoms with E-state index < -0.39 is 228 Å². The third-order valence-corrected chi connectivity index (χ3v) is 22.3. The first kappa shape index (κ1) is 107. The van der Waals surface area contributed by atoms with E-state index in [1.807, 2.05) is 0 Å². The van der Waals surface area contributed by atoms with Crippen molar-refractivity contribution in [2.45, 2.75) is 196 Å². The summed E-state index contributed by atoms with van der Waals surface area (Å²) in [6.07, 6.45) is -4.09. The first-order chi connectivity index (χ1) is 63.2. The summed E-state index contributed by atoms with van der Waals surface area (Å²) in [5.74, 6) is -20.0. The number of guanidine groups is 3. The highest BCUT2D eigenvalue weighted by atomic mass is 32.2. The van der Waals surface area contributed by atoms with Crippen LogP contribution < -0.4 is 113 Å². The molecule has 5 aromatic rings. The topological polar surface area (TPSA) is 737 Å². The molecule has 1 heterocycles. The first-order valence-corrected chi connectivity index (χ1v) is 44.4. The highest BCUT2D eigenvalue weighted by Crippen LogP contribution is 2.20. The van der Waals surface area contributed by atoms with Crippen LogP contribution in [0.4, 0.5) is 0 Å². The molecule has 45 heteroatoms. The largest absolute Gasteiger partial charge is 0.508 e. The van der Waals surface area contributed by atoms with E-state index in [1.54, 1.807) is 88.4 Å². The molecular weight excluding hydrogens is 1750 g/mol. The molecule has 15 atom stereocenters. The van der Waals surface area contributed by atoms with Gasteiger partial charge in [0.05, 0.1) is 25.0 Å². The van der Waals surface area contributed by atoms with Crippen molar-refractivity contribution in [1.29, 1.82) is 16.2 Å². The lowest BCUT2D eigenvalue weighted by Crippen LogP contribution is -2.62. The summed E-state index contributed by atoms with van der Waals surface area (Å²) < 4.78 is 0. The number of aliphatic hydroxyl groups is 2. The van der Waals surface area contributed by atoms with E-state index in [4.69, 9.17) is 39.2 Å². The van der Waals surface area contributed by atoms with Gasteiger partial charge in [0.25, 0.3) is 0 Å². The Hall–Kier alpha value is -14.4. The maximum atomic E-state index is 15.2. The Labute approximate surface area is 772 Å². The monoisotopic (exact) mass is 1870 g/mol. The molecule has 133 heavy (non-hydrogen) atoms. The van der Waals surface area contributed by atoms with E-state index in [0.717, 1.165) is 18.7 Å². The second kappa shape index (κ2) is 55.0.